The van der Waals surface area contributed by atoms with Gasteiger partial charge in [-0.3, -0.25) is 4.72 Å². The molecule has 0 radical (unpaired) electrons. The first-order valence-electron chi connectivity index (χ1n) is 7.79. The maximum atomic E-state index is 11.8. The van der Waals surface area contributed by atoms with Crippen LogP contribution in [0.2, 0.25) is 0 Å². The maximum absolute atomic E-state index is 11.8. The van der Waals surface area contributed by atoms with Crippen LogP contribution in [-0.2, 0) is 16.6 Å². The Balaban J connectivity index is 2.08. The zero-order chi connectivity index (χ0) is 16.7. The predicted octanol–water partition coefficient (Wildman–Crippen LogP) is 3.26. The average molecular weight is 333 g/mol. The Bertz CT molecular complexity index is 700. The molecule has 124 valence electrons. The smallest absolute Gasteiger partial charge is 0.232 e. The molecule has 0 spiro atoms. The van der Waals surface area contributed by atoms with E-state index in [0.29, 0.717) is 12.1 Å². The second-order valence-corrected chi connectivity index (χ2v) is 7.17. The fraction of sp³-hybridized carbons (Fsp3) is 0.353. The van der Waals surface area contributed by atoms with E-state index in [2.05, 4.69) is 33.7 Å². The highest BCUT2D eigenvalue weighted by molar-refractivity contribution is 7.92. The number of anilines is 2. The van der Waals surface area contributed by atoms with Gasteiger partial charge in [-0.1, -0.05) is 37.3 Å². The van der Waals surface area contributed by atoms with Crippen LogP contribution in [-0.4, -0.2) is 25.7 Å². The quantitative estimate of drug-likeness (QED) is 0.805. The molecule has 0 saturated heterocycles. The molecule has 0 atom stereocenters. The van der Waals surface area contributed by atoms with Gasteiger partial charge < -0.3 is 4.90 Å². The third kappa shape index (κ3) is 5.25. The van der Waals surface area contributed by atoms with Gasteiger partial charge >= 0.3 is 0 Å². The number of nitrogens with one attached hydrogen (secondary N) is 1. The summed E-state index contributed by atoms with van der Waals surface area (Å²) in [4.78, 5) is 6.53. The summed E-state index contributed by atoms with van der Waals surface area (Å²) in [5.74, 6) is 0.943. The minimum atomic E-state index is -3.28. The molecule has 2 rings (SSSR count). The van der Waals surface area contributed by atoms with Crippen LogP contribution in [0.3, 0.4) is 0 Å². The van der Waals surface area contributed by atoms with Crippen molar-refractivity contribution < 1.29 is 8.42 Å². The first-order valence-corrected chi connectivity index (χ1v) is 9.44. The van der Waals surface area contributed by atoms with Crippen molar-refractivity contribution in [1.82, 2.24) is 4.98 Å². The van der Waals surface area contributed by atoms with E-state index in [1.807, 2.05) is 31.2 Å². The summed E-state index contributed by atoms with van der Waals surface area (Å²) in [6.45, 7) is 5.50. The van der Waals surface area contributed by atoms with Gasteiger partial charge in [0.2, 0.25) is 10.0 Å². The van der Waals surface area contributed by atoms with Gasteiger partial charge in [0, 0.05) is 13.1 Å². The molecule has 1 aromatic heterocycles. The van der Waals surface area contributed by atoms with Crippen molar-refractivity contribution >= 4 is 21.5 Å². The van der Waals surface area contributed by atoms with Crippen molar-refractivity contribution in [1.29, 1.82) is 0 Å². The topological polar surface area (TPSA) is 62.3 Å². The summed E-state index contributed by atoms with van der Waals surface area (Å²) in [6.07, 6.45) is 2.15. The van der Waals surface area contributed by atoms with E-state index in [1.165, 1.54) is 5.56 Å². The number of aromatic nitrogens is 1. The number of sulfonamides is 1. The Hall–Kier alpha value is -2.08. The molecule has 5 nitrogen and oxygen atoms in total. The summed E-state index contributed by atoms with van der Waals surface area (Å²) < 4.78 is 26.1. The Labute approximate surface area is 138 Å². The van der Waals surface area contributed by atoms with E-state index in [-0.39, 0.29) is 5.75 Å². The fourth-order valence-corrected chi connectivity index (χ4v) is 3.41. The molecule has 0 aliphatic rings. The predicted molar refractivity (Wildman–Crippen MR) is 95.1 cm³/mol. The Morgan fingerprint density at radius 2 is 1.83 bits per heavy atom. The monoisotopic (exact) mass is 333 g/mol. The van der Waals surface area contributed by atoms with Crippen LogP contribution < -0.4 is 9.62 Å². The third-order valence-corrected chi connectivity index (χ3v) is 4.91. The van der Waals surface area contributed by atoms with Gasteiger partial charge in [-0.05, 0) is 31.0 Å². The Kier molecular flexibility index (Phi) is 5.98. The summed E-state index contributed by atoms with van der Waals surface area (Å²) >= 11 is 0. The molecule has 0 saturated carbocycles. The summed E-state index contributed by atoms with van der Waals surface area (Å²) in [6, 6.07) is 13.8. The molecule has 0 amide bonds. The number of hydrogen-bond acceptors (Lipinski definition) is 4. The number of pyridine rings is 1. The standard InChI is InChI=1S/C17H23N3O2S/c1-3-12-23(21,22)19-16-10-11-17(18-13-16)20(4-2)14-15-8-6-5-7-9-15/h5-11,13,19H,3-4,12,14H2,1-2H3. The molecular weight excluding hydrogens is 310 g/mol. The van der Waals surface area contributed by atoms with E-state index in [9.17, 15) is 8.42 Å². The van der Waals surface area contributed by atoms with Gasteiger partial charge in [-0.25, -0.2) is 13.4 Å². The number of benzene rings is 1. The molecule has 6 heteroatoms. The highest BCUT2D eigenvalue weighted by Gasteiger charge is 2.10. The minimum absolute atomic E-state index is 0.115. The third-order valence-electron chi connectivity index (χ3n) is 3.42. The lowest BCUT2D eigenvalue weighted by Gasteiger charge is -2.22. The van der Waals surface area contributed by atoms with Gasteiger partial charge in [0.05, 0.1) is 17.6 Å². The molecule has 1 aromatic carbocycles. The largest absolute Gasteiger partial charge is 0.353 e. The van der Waals surface area contributed by atoms with E-state index in [4.69, 9.17) is 0 Å². The zero-order valence-corrected chi connectivity index (χ0v) is 14.4. The molecule has 0 unspecified atom stereocenters. The Morgan fingerprint density at radius 3 is 2.39 bits per heavy atom. The molecule has 0 fully saturated rings. The van der Waals surface area contributed by atoms with Crippen LogP contribution in [0.25, 0.3) is 0 Å². The van der Waals surface area contributed by atoms with Crippen molar-refractivity contribution in [3.05, 3.63) is 54.2 Å². The second-order valence-electron chi connectivity index (χ2n) is 5.33. The van der Waals surface area contributed by atoms with E-state index >= 15 is 0 Å². The lowest BCUT2D eigenvalue weighted by molar-refractivity contribution is 0.600. The van der Waals surface area contributed by atoms with Gasteiger partial charge in [-0.2, -0.15) is 0 Å². The normalized spacial score (nSPS) is 11.2. The molecule has 0 bridgehead atoms. The number of nitrogens with zero attached hydrogens (tertiary/aromatic N) is 2. The van der Waals surface area contributed by atoms with Gasteiger partial charge in [0.1, 0.15) is 5.82 Å². The van der Waals surface area contributed by atoms with Crippen molar-refractivity contribution in [3.8, 4) is 0 Å². The van der Waals surface area contributed by atoms with Crippen LogP contribution in [0.5, 0.6) is 0 Å². The number of rotatable bonds is 8. The molecule has 1 heterocycles. The van der Waals surface area contributed by atoms with Gasteiger partial charge in [0.25, 0.3) is 0 Å². The van der Waals surface area contributed by atoms with Crippen LogP contribution in [0.1, 0.15) is 25.8 Å². The zero-order valence-electron chi connectivity index (χ0n) is 13.6. The SMILES string of the molecule is CCCS(=O)(=O)Nc1ccc(N(CC)Cc2ccccc2)nc1. The lowest BCUT2D eigenvalue weighted by Crippen LogP contribution is -2.23. The summed E-state index contributed by atoms with van der Waals surface area (Å²) in [7, 11) is -3.28. The van der Waals surface area contributed by atoms with E-state index in [0.717, 1.165) is 18.9 Å². The molecular formula is C17H23N3O2S. The van der Waals surface area contributed by atoms with Crippen molar-refractivity contribution in [2.24, 2.45) is 0 Å². The molecule has 0 aliphatic heterocycles. The van der Waals surface area contributed by atoms with Crippen LogP contribution >= 0.6 is 0 Å². The maximum Gasteiger partial charge on any atom is 0.232 e. The highest BCUT2D eigenvalue weighted by Crippen LogP contribution is 2.17. The molecule has 0 aliphatic carbocycles. The summed E-state index contributed by atoms with van der Waals surface area (Å²) in [5, 5.41) is 0. The van der Waals surface area contributed by atoms with E-state index < -0.39 is 10.0 Å². The highest BCUT2D eigenvalue weighted by atomic mass is 32.2. The lowest BCUT2D eigenvalue weighted by atomic mass is 10.2. The minimum Gasteiger partial charge on any atom is -0.353 e. The van der Waals surface area contributed by atoms with Gasteiger partial charge in [0.15, 0.2) is 0 Å². The van der Waals surface area contributed by atoms with Crippen molar-refractivity contribution in [3.63, 3.8) is 0 Å². The Morgan fingerprint density at radius 1 is 1.09 bits per heavy atom. The van der Waals surface area contributed by atoms with E-state index in [1.54, 1.807) is 12.3 Å². The first-order chi connectivity index (χ1) is 11.0. The second kappa shape index (κ2) is 7.97. The molecule has 2 aromatic rings. The van der Waals surface area contributed by atoms with Crippen molar-refractivity contribution in [2.75, 3.05) is 21.9 Å². The fourth-order valence-electron chi connectivity index (χ4n) is 2.29. The van der Waals surface area contributed by atoms with Crippen LogP contribution in [0.15, 0.2) is 48.7 Å². The van der Waals surface area contributed by atoms with Crippen molar-refractivity contribution in [2.45, 2.75) is 26.8 Å². The first kappa shape index (κ1) is 17.3. The van der Waals surface area contributed by atoms with Crippen LogP contribution in [0.4, 0.5) is 11.5 Å². The van der Waals surface area contributed by atoms with Crippen LogP contribution in [0, 0.1) is 0 Å². The average Bonchev–Trinajstić information content (AvgIpc) is 2.54. The number of hydrogen-bond donors (Lipinski definition) is 1. The molecule has 23 heavy (non-hydrogen) atoms. The molecule has 1 N–H and O–H groups in total. The summed E-state index contributed by atoms with van der Waals surface area (Å²) in [5.41, 5.74) is 1.71. The van der Waals surface area contributed by atoms with Gasteiger partial charge in [-0.15, -0.1) is 0 Å².